The third kappa shape index (κ3) is 1.52. The maximum Gasteiger partial charge on any atom is 0.316 e. The highest BCUT2D eigenvalue weighted by molar-refractivity contribution is 8.33. The van der Waals surface area contributed by atoms with Gasteiger partial charge in [-0.25, -0.2) is 14.8 Å². The summed E-state index contributed by atoms with van der Waals surface area (Å²) in [4.78, 5) is 22.1. The van der Waals surface area contributed by atoms with Crippen LogP contribution in [0.15, 0.2) is 17.4 Å². The summed E-state index contributed by atoms with van der Waals surface area (Å²) in [5.74, 6) is 0. The van der Waals surface area contributed by atoms with Crippen LogP contribution >= 0.6 is 15.7 Å². The average molecular weight is 186 g/mol. The topological polar surface area (TPSA) is 58.0 Å². The summed E-state index contributed by atoms with van der Waals surface area (Å²) in [6, 6.07) is 0. The van der Waals surface area contributed by atoms with Crippen LogP contribution in [0, 0.1) is 5.16 Å². The SMILES string of the molecule is CC1=C=CC(=O)[PH+](P=N)C1=O. The molecule has 0 saturated heterocycles. The predicted octanol–water partition coefficient (Wildman–Crippen LogP) is 1.99. The van der Waals surface area contributed by atoms with E-state index >= 15 is 0 Å². The Balaban J connectivity index is 3.12. The van der Waals surface area contributed by atoms with E-state index in [1.165, 1.54) is 6.08 Å². The molecule has 1 atom stereocenters. The summed E-state index contributed by atoms with van der Waals surface area (Å²) in [5.41, 5.74) is 2.69. The van der Waals surface area contributed by atoms with Crippen LogP contribution < -0.4 is 0 Å². The summed E-state index contributed by atoms with van der Waals surface area (Å²) in [6.45, 7) is 1.63. The van der Waals surface area contributed by atoms with Crippen molar-refractivity contribution in [3.63, 3.8) is 0 Å². The molecule has 1 rings (SSSR count). The smallest absolute Gasteiger partial charge is 0.246 e. The Morgan fingerprint density at radius 3 is 2.73 bits per heavy atom. The Labute approximate surface area is 66.5 Å². The molecular weight excluding hydrogens is 180 g/mol. The lowest BCUT2D eigenvalue weighted by Crippen LogP contribution is -2.03. The van der Waals surface area contributed by atoms with Gasteiger partial charge in [-0.3, -0.25) is 0 Å². The van der Waals surface area contributed by atoms with Crippen LogP contribution in [-0.2, 0) is 9.59 Å². The van der Waals surface area contributed by atoms with E-state index in [-0.39, 0.29) is 19.1 Å². The number of carbonyl (C=O) groups is 2. The Kier molecular flexibility index (Phi) is 2.46. The number of carbonyl (C=O) groups excluding carboxylic acids is 2. The minimum absolute atomic E-state index is 0.167. The van der Waals surface area contributed by atoms with Crippen molar-refractivity contribution < 1.29 is 9.59 Å². The average Bonchev–Trinajstić information content (AvgIpc) is 1.99. The third-order valence-corrected chi connectivity index (χ3v) is 4.90. The van der Waals surface area contributed by atoms with E-state index in [2.05, 4.69) is 5.73 Å². The van der Waals surface area contributed by atoms with Crippen molar-refractivity contribution in [3.05, 3.63) is 17.4 Å². The summed E-state index contributed by atoms with van der Waals surface area (Å²) >= 11 is 0. The number of rotatable bonds is 1. The normalized spacial score (nSPS) is 24.1. The van der Waals surface area contributed by atoms with Crippen molar-refractivity contribution in [2.24, 2.45) is 0 Å². The number of hydrogen-bond acceptors (Lipinski definition) is 3. The monoisotopic (exact) mass is 186 g/mol. The van der Waals surface area contributed by atoms with Crippen LogP contribution in [0.5, 0.6) is 0 Å². The van der Waals surface area contributed by atoms with Crippen molar-refractivity contribution in [2.75, 3.05) is 0 Å². The Morgan fingerprint density at radius 1 is 1.64 bits per heavy atom. The van der Waals surface area contributed by atoms with E-state index in [9.17, 15) is 9.59 Å². The van der Waals surface area contributed by atoms with E-state index < -0.39 is 7.61 Å². The van der Waals surface area contributed by atoms with Gasteiger partial charge in [-0.2, -0.15) is 0 Å². The first kappa shape index (κ1) is 8.49. The Bertz CT molecular complexity index is 302. The third-order valence-electron chi connectivity index (χ3n) is 1.32. The lowest BCUT2D eigenvalue weighted by Gasteiger charge is -1.98. The minimum Gasteiger partial charge on any atom is -0.246 e. The number of allylic oxidation sites excluding steroid dienone is 1. The molecule has 0 amide bonds. The van der Waals surface area contributed by atoms with Crippen LogP contribution in [0.2, 0.25) is 0 Å². The molecule has 0 fully saturated rings. The van der Waals surface area contributed by atoms with E-state index in [1.54, 1.807) is 6.92 Å². The molecule has 0 aromatic rings. The molecule has 1 N–H and O–H groups in total. The lowest BCUT2D eigenvalue weighted by molar-refractivity contribution is -0.110. The Hall–Kier alpha value is -0.610. The van der Waals surface area contributed by atoms with E-state index in [4.69, 9.17) is 5.16 Å². The van der Waals surface area contributed by atoms with Gasteiger partial charge in [0, 0.05) is 0 Å². The van der Waals surface area contributed by atoms with Crippen LogP contribution in [0.1, 0.15) is 6.92 Å². The first-order valence-electron chi connectivity index (χ1n) is 2.93. The van der Waals surface area contributed by atoms with Crippen molar-refractivity contribution in [2.45, 2.75) is 6.92 Å². The fourth-order valence-electron chi connectivity index (χ4n) is 0.703. The van der Waals surface area contributed by atoms with Crippen molar-refractivity contribution in [3.8, 4) is 0 Å². The van der Waals surface area contributed by atoms with E-state index in [0.717, 1.165) is 0 Å². The van der Waals surface area contributed by atoms with Crippen molar-refractivity contribution in [1.29, 1.82) is 5.16 Å². The van der Waals surface area contributed by atoms with Crippen LogP contribution in [0.4, 0.5) is 0 Å². The molecule has 1 unspecified atom stereocenters. The van der Waals surface area contributed by atoms with Crippen molar-refractivity contribution >= 4 is 26.7 Å². The first-order chi connectivity index (χ1) is 5.16. The van der Waals surface area contributed by atoms with Gasteiger partial charge in [-0.1, -0.05) is 0 Å². The molecule has 1 aliphatic rings. The highest BCUT2D eigenvalue weighted by Gasteiger charge is 2.36. The summed E-state index contributed by atoms with van der Waals surface area (Å²) in [5, 5.41) is 6.96. The molecule has 3 nitrogen and oxygen atoms in total. The molecule has 11 heavy (non-hydrogen) atoms. The fraction of sp³-hybridized carbons (Fsp3) is 0.167. The van der Waals surface area contributed by atoms with Gasteiger partial charge < -0.3 is 0 Å². The van der Waals surface area contributed by atoms with E-state index in [1.807, 2.05) is 0 Å². The molecule has 1 heterocycles. The summed E-state index contributed by atoms with van der Waals surface area (Å²) < 4.78 is 0. The number of hydrogen-bond donors (Lipinski definition) is 1. The molecule has 0 saturated carbocycles. The lowest BCUT2D eigenvalue weighted by atomic mass is 10.3. The highest BCUT2D eigenvalue weighted by atomic mass is 32.0. The molecule has 56 valence electrons. The molecule has 0 spiro atoms. The second-order valence-electron chi connectivity index (χ2n) is 2.07. The summed E-state index contributed by atoms with van der Waals surface area (Å²) in [6.07, 6.45) is 1.28. The minimum atomic E-state index is -1.79. The largest absolute Gasteiger partial charge is 0.316 e. The molecule has 0 aromatic heterocycles. The van der Waals surface area contributed by atoms with Crippen LogP contribution in [-0.4, -0.2) is 11.0 Å². The first-order valence-corrected chi connectivity index (χ1v) is 6.17. The van der Waals surface area contributed by atoms with Gasteiger partial charge in [0.25, 0.3) is 0 Å². The maximum atomic E-state index is 11.1. The maximum absolute atomic E-state index is 11.1. The van der Waals surface area contributed by atoms with Gasteiger partial charge in [0.05, 0.1) is 11.6 Å². The van der Waals surface area contributed by atoms with Gasteiger partial charge in [0.1, 0.15) is 0 Å². The van der Waals surface area contributed by atoms with Gasteiger partial charge in [-0.05, 0) is 6.92 Å². The Morgan fingerprint density at radius 2 is 2.27 bits per heavy atom. The quantitative estimate of drug-likeness (QED) is 0.502. The molecule has 0 bridgehead atoms. The second-order valence-corrected chi connectivity index (χ2v) is 5.95. The number of nitrogens with one attached hydrogen (secondary N) is 1. The van der Waals surface area contributed by atoms with Gasteiger partial charge in [-0.15, -0.1) is 5.73 Å². The van der Waals surface area contributed by atoms with E-state index in [0.29, 0.717) is 5.57 Å². The second kappa shape index (κ2) is 3.19. The van der Waals surface area contributed by atoms with Crippen molar-refractivity contribution in [1.82, 2.24) is 0 Å². The molecule has 0 aromatic carbocycles. The van der Waals surface area contributed by atoms with Gasteiger partial charge in [0.2, 0.25) is 15.7 Å². The molecule has 0 radical (unpaired) electrons. The zero-order chi connectivity index (χ0) is 8.43. The standard InChI is InChI=1S/C6H5NO2P2/c1-4-2-3-5(8)11(10-7)6(4)9/h3,7H,1H3/p+1. The molecule has 0 aliphatic carbocycles. The zero-order valence-corrected chi connectivity index (χ0v) is 7.74. The predicted molar refractivity (Wildman–Crippen MR) is 45.2 cm³/mol. The molecule has 5 heteroatoms. The molecule has 1 aliphatic heterocycles. The van der Waals surface area contributed by atoms with Crippen LogP contribution in [0.3, 0.4) is 0 Å². The molecular formula is C6H6NO2P2+. The highest BCUT2D eigenvalue weighted by Crippen LogP contribution is 2.53. The van der Waals surface area contributed by atoms with Gasteiger partial charge in [0.15, 0.2) is 0 Å². The zero-order valence-electron chi connectivity index (χ0n) is 5.84. The van der Waals surface area contributed by atoms with Crippen LogP contribution in [0.25, 0.3) is 0 Å². The van der Waals surface area contributed by atoms with Gasteiger partial charge >= 0.3 is 11.0 Å². The fourth-order valence-corrected chi connectivity index (χ4v) is 3.11. The summed E-state index contributed by atoms with van der Waals surface area (Å²) in [7, 11) is -1.62.